The lowest BCUT2D eigenvalue weighted by atomic mass is 10.2. The van der Waals surface area contributed by atoms with Gasteiger partial charge in [-0.15, -0.1) is 0 Å². The van der Waals surface area contributed by atoms with Crippen LogP contribution in [0.3, 0.4) is 0 Å². The van der Waals surface area contributed by atoms with Gasteiger partial charge < -0.3 is 16.2 Å². The lowest BCUT2D eigenvalue weighted by molar-refractivity contribution is 0.0956. The van der Waals surface area contributed by atoms with E-state index in [1.54, 1.807) is 30.0 Å². The van der Waals surface area contributed by atoms with Gasteiger partial charge in [-0.2, -0.15) is 11.8 Å². The number of aliphatic hydroxyl groups excluding tert-OH is 1. The largest absolute Gasteiger partial charge is 0.398 e. The second-order valence-electron chi connectivity index (χ2n) is 3.68. The van der Waals surface area contributed by atoms with E-state index in [0.717, 1.165) is 17.9 Å². The summed E-state index contributed by atoms with van der Waals surface area (Å²) in [5.41, 5.74) is 6.54. The van der Waals surface area contributed by atoms with Crippen LogP contribution in [0.2, 0.25) is 5.02 Å². The minimum Gasteiger partial charge on any atom is -0.398 e. The van der Waals surface area contributed by atoms with Crippen LogP contribution in [0.25, 0.3) is 0 Å². The Morgan fingerprint density at radius 2 is 2.22 bits per heavy atom. The Morgan fingerprint density at radius 1 is 1.44 bits per heavy atom. The van der Waals surface area contributed by atoms with Gasteiger partial charge in [-0.25, -0.2) is 0 Å². The number of halogens is 1. The molecule has 0 aliphatic carbocycles. The van der Waals surface area contributed by atoms with Crippen molar-refractivity contribution in [3.05, 3.63) is 28.8 Å². The van der Waals surface area contributed by atoms with Gasteiger partial charge in [-0.1, -0.05) is 11.6 Å². The Labute approximate surface area is 116 Å². The first-order chi connectivity index (χ1) is 8.65. The van der Waals surface area contributed by atoms with E-state index in [1.165, 1.54) is 0 Å². The average Bonchev–Trinajstić information content (AvgIpc) is 2.36. The average molecular weight is 289 g/mol. The topological polar surface area (TPSA) is 75.4 Å². The predicted octanol–water partition coefficient (Wildman–Crippen LogP) is 1.77. The van der Waals surface area contributed by atoms with Crippen molar-refractivity contribution in [3.8, 4) is 0 Å². The number of nitrogens with one attached hydrogen (secondary N) is 1. The molecule has 1 amide bonds. The number of hydrogen-bond acceptors (Lipinski definition) is 4. The SMILES string of the molecule is Nc1cc(C(=O)NCCSCCCO)ccc1Cl. The fraction of sp³-hybridized carbons (Fsp3) is 0.417. The van der Waals surface area contributed by atoms with Gasteiger partial charge in [0.1, 0.15) is 0 Å². The van der Waals surface area contributed by atoms with Crippen LogP contribution in [0.1, 0.15) is 16.8 Å². The normalized spacial score (nSPS) is 10.3. The van der Waals surface area contributed by atoms with Gasteiger partial charge >= 0.3 is 0 Å². The van der Waals surface area contributed by atoms with Crippen molar-refractivity contribution in [3.63, 3.8) is 0 Å². The Morgan fingerprint density at radius 3 is 2.89 bits per heavy atom. The standard InChI is InChI=1S/C12H17ClN2O2S/c13-10-3-2-9(8-11(10)14)12(17)15-4-7-18-6-1-5-16/h2-3,8,16H,1,4-7,14H2,(H,15,17). The highest BCUT2D eigenvalue weighted by Crippen LogP contribution is 2.19. The molecule has 0 saturated heterocycles. The van der Waals surface area contributed by atoms with E-state index in [-0.39, 0.29) is 12.5 Å². The minimum absolute atomic E-state index is 0.152. The fourth-order valence-electron chi connectivity index (χ4n) is 1.29. The molecule has 1 aromatic carbocycles. The van der Waals surface area contributed by atoms with Gasteiger partial charge in [-0.3, -0.25) is 4.79 Å². The van der Waals surface area contributed by atoms with Gasteiger partial charge in [-0.05, 0) is 30.4 Å². The first kappa shape index (κ1) is 15.1. The molecule has 1 rings (SSSR count). The molecule has 4 N–H and O–H groups in total. The second kappa shape index (κ2) is 8.24. The van der Waals surface area contributed by atoms with E-state index in [9.17, 15) is 4.79 Å². The van der Waals surface area contributed by atoms with Gasteiger partial charge in [0.2, 0.25) is 0 Å². The monoisotopic (exact) mass is 288 g/mol. The molecule has 100 valence electrons. The van der Waals surface area contributed by atoms with Crippen LogP contribution in [0.15, 0.2) is 18.2 Å². The highest BCUT2D eigenvalue weighted by molar-refractivity contribution is 7.99. The molecular weight excluding hydrogens is 272 g/mol. The number of amides is 1. The van der Waals surface area contributed by atoms with Gasteiger partial charge in [0, 0.05) is 24.5 Å². The third-order valence-electron chi connectivity index (χ3n) is 2.24. The molecule has 4 nitrogen and oxygen atoms in total. The number of anilines is 1. The molecule has 0 aromatic heterocycles. The number of carbonyl (C=O) groups is 1. The van der Waals surface area contributed by atoms with Crippen molar-refractivity contribution in [2.24, 2.45) is 0 Å². The summed E-state index contributed by atoms with van der Waals surface area (Å²) in [6, 6.07) is 4.82. The third kappa shape index (κ3) is 5.16. The molecule has 0 fully saturated rings. The zero-order chi connectivity index (χ0) is 13.4. The first-order valence-corrected chi connectivity index (χ1v) is 7.20. The molecule has 0 bridgehead atoms. The van der Waals surface area contributed by atoms with E-state index < -0.39 is 0 Å². The number of aliphatic hydroxyl groups is 1. The van der Waals surface area contributed by atoms with Crippen LogP contribution in [0, 0.1) is 0 Å². The lowest BCUT2D eigenvalue weighted by Gasteiger charge is -2.06. The number of nitrogens with two attached hydrogens (primary N) is 1. The quantitative estimate of drug-likeness (QED) is 0.528. The van der Waals surface area contributed by atoms with Crippen molar-refractivity contribution in [1.82, 2.24) is 5.32 Å². The van der Waals surface area contributed by atoms with Crippen molar-refractivity contribution in [1.29, 1.82) is 0 Å². The smallest absolute Gasteiger partial charge is 0.251 e. The molecule has 0 saturated carbocycles. The summed E-state index contributed by atoms with van der Waals surface area (Å²) in [4.78, 5) is 11.7. The summed E-state index contributed by atoms with van der Waals surface area (Å²) < 4.78 is 0. The molecule has 0 spiro atoms. The molecule has 6 heteroatoms. The number of benzene rings is 1. The van der Waals surface area contributed by atoms with Crippen molar-refractivity contribution in [2.45, 2.75) is 6.42 Å². The molecule has 0 heterocycles. The maximum Gasteiger partial charge on any atom is 0.251 e. The van der Waals surface area contributed by atoms with Crippen LogP contribution in [-0.2, 0) is 0 Å². The number of nitrogen functional groups attached to an aromatic ring is 1. The maximum atomic E-state index is 11.7. The van der Waals surface area contributed by atoms with Crippen LogP contribution in [0.5, 0.6) is 0 Å². The zero-order valence-electron chi connectivity index (χ0n) is 9.99. The summed E-state index contributed by atoms with van der Waals surface area (Å²) in [5, 5.41) is 11.9. The Balaban J connectivity index is 2.30. The van der Waals surface area contributed by atoms with E-state index in [2.05, 4.69) is 5.32 Å². The van der Waals surface area contributed by atoms with Crippen LogP contribution in [-0.4, -0.2) is 35.7 Å². The lowest BCUT2D eigenvalue weighted by Crippen LogP contribution is -2.25. The minimum atomic E-state index is -0.152. The van der Waals surface area contributed by atoms with E-state index in [1.807, 2.05) is 0 Å². The Kier molecular flexibility index (Phi) is 6.93. The van der Waals surface area contributed by atoms with Gasteiger partial charge in [0.15, 0.2) is 0 Å². The highest BCUT2D eigenvalue weighted by Gasteiger charge is 2.06. The van der Waals surface area contributed by atoms with E-state index in [0.29, 0.717) is 22.8 Å². The number of rotatable bonds is 7. The number of thioether (sulfide) groups is 1. The summed E-state index contributed by atoms with van der Waals surface area (Å²) in [6.45, 7) is 0.806. The van der Waals surface area contributed by atoms with Gasteiger partial charge in [0.25, 0.3) is 5.91 Å². The van der Waals surface area contributed by atoms with Crippen LogP contribution < -0.4 is 11.1 Å². The molecular formula is C12H17ClN2O2S. The summed E-state index contributed by atoms with van der Waals surface area (Å²) in [6.07, 6.45) is 0.784. The van der Waals surface area contributed by atoms with Gasteiger partial charge in [0.05, 0.1) is 10.7 Å². The fourth-order valence-corrected chi connectivity index (χ4v) is 2.19. The zero-order valence-corrected chi connectivity index (χ0v) is 11.6. The molecule has 0 aliphatic heterocycles. The number of carbonyl (C=O) groups excluding carboxylic acids is 1. The van der Waals surface area contributed by atoms with Crippen molar-refractivity contribution >= 4 is 35.0 Å². The Hall–Kier alpha value is -0.910. The third-order valence-corrected chi connectivity index (χ3v) is 3.65. The first-order valence-electron chi connectivity index (χ1n) is 5.67. The number of hydrogen-bond donors (Lipinski definition) is 3. The second-order valence-corrected chi connectivity index (χ2v) is 5.31. The predicted molar refractivity (Wildman–Crippen MR) is 77.2 cm³/mol. The molecule has 1 aromatic rings. The van der Waals surface area contributed by atoms with Crippen LogP contribution >= 0.6 is 23.4 Å². The maximum absolute atomic E-state index is 11.7. The molecule has 18 heavy (non-hydrogen) atoms. The molecule has 0 radical (unpaired) electrons. The van der Waals surface area contributed by atoms with Crippen molar-refractivity contribution in [2.75, 3.05) is 30.4 Å². The highest BCUT2D eigenvalue weighted by atomic mass is 35.5. The van der Waals surface area contributed by atoms with Crippen molar-refractivity contribution < 1.29 is 9.90 Å². The summed E-state index contributed by atoms with van der Waals surface area (Å²) in [7, 11) is 0. The van der Waals surface area contributed by atoms with E-state index >= 15 is 0 Å². The van der Waals surface area contributed by atoms with Crippen LogP contribution in [0.4, 0.5) is 5.69 Å². The summed E-state index contributed by atoms with van der Waals surface area (Å²) in [5.74, 6) is 1.58. The summed E-state index contributed by atoms with van der Waals surface area (Å²) >= 11 is 7.48. The molecule has 0 atom stereocenters. The Bertz CT molecular complexity index is 402. The van der Waals surface area contributed by atoms with E-state index in [4.69, 9.17) is 22.4 Å². The molecule has 0 aliphatic rings. The molecule has 0 unspecified atom stereocenters.